The zero-order chi connectivity index (χ0) is 17.4. The van der Waals surface area contributed by atoms with Crippen molar-refractivity contribution < 1.29 is 14.5 Å². The van der Waals surface area contributed by atoms with Crippen LogP contribution < -0.4 is 10.2 Å². The maximum absolute atomic E-state index is 11.9. The SMILES string of the molecule is CN(c1cc(NC(=O)OC(C)(C)C)c([N+](=O)[O-])cc1Cl)C1CC1. The number of halogens is 1. The Morgan fingerprint density at radius 2 is 2.04 bits per heavy atom. The van der Waals surface area contributed by atoms with E-state index in [1.54, 1.807) is 20.8 Å². The molecule has 0 unspecified atom stereocenters. The van der Waals surface area contributed by atoms with Crippen molar-refractivity contribution in [2.24, 2.45) is 0 Å². The number of nitrogens with one attached hydrogen (secondary N) is 1. The van der Waals surface area contributed by atoms with Gasteiger partial charge in [-0.15, -0.1) is 0 Å². The third-order valence-corrected chi connectivity index (χ3v) is 3.67. The molecular weight excluding hydrogens is 322 g/mol. The van der Waals surface area contributed by atoms with Crippen molar-refractivity contribution in [1.29, 1.82) is 0 Å². The Kier molecular flexibility index (Phi) is 4.70. The van der Waals surface area contributed by atoms with Crippen molar-refractivity contribution in [1.82, 2.24) is 0 Å². The van der Waals surface area contributed by atoms with Crippen molar-refractivity contribution >= 4 is 34.8 Å². The Bertz CT molecular complexity index is 638. The van der Waals surface area contributed by atoms with Crippen molar-refractivity contribution in [3.8, 4) is 0 Å². The number of carbonyl (C=O) groups is 1. The van der Waals surface area contributed by atoms with Crippen LogP contribution in [0.25, 0.3) is 0 Å². The number of hydrogen-bond acceptors (Lipinski definition) is 5. The lowest BCUT2D eigenvalue weighted by Crippen LogP contribution is -2.27. The molecule has 1 saturated carbocycles. The Labute approximate surface area is 139 Å². The first-order valence-corrected chi connectivity index (χ1v) is 7.67. The summed E-state index contributed by atoms with van der Waals surface area (Å²) in [5, 5.41) is 13.9. The molecule has 1 N–H and O–H groups in total. The van der Waals surface area contributed by atoms with Gasteiger partial charge in [0.05, 0.1) is 15.6 Å². The summed E-state index contributed by atoms with van der Waals surface area (Å²) in [5.41, 5.74) is -0.255. The van der Waals surface area contributed by atoms with Crippen LogP contribution in [-0.2, 0) is 4.74 Å². The Balaban J connectivity index is 2.33. The second kappa shape index (κ2) is 6.23. The fourth-order valence-corrected chi connectivity index (χ4v) is 2.44. The molecule has 0 spiro atoms. The largest absolute Gasteiger partial charge is 0.444 e. The molecule has 1 aromatic carbocycles. The molecule has 0 saturated heterocycles. The van der Waals surface area contributed by atoms with Gasteiger partial charge in [0.25, 0.3) is 5.69 Å². The van der Waals surface area contributed by atoms with Crippen molar-refractivity contribution in [3.05, 3.63) is 27.3 Å². The Hall–Kier alpha value is -2.02. The van der Waals surface area contributed by atoms with Crippen molar-refractivity contribution in [3.63, 3.8) is 0 Å². The number of anilines is 2. The van der Waals surface area contributed by atoms with Gasteiger partial charge in [0.2, 0.25) is 0 Å². The average molecular weight is 342 g/mol. The maximum Gasteiger partial charge on any atom is 0.412 e. The molecule has 0 aliphatic heterocycles. The molecule has 1 aliphatic rings. The van der Waals surface area contributed by atoms with E-state index in [9.17, 15) is 14.9 Å². The number of rotatable bonds is 4. The fourth-order valence-electron chi connectivity index (χ4n) is 2.14. The highest BCUT2D eigenvalue weighted by atomic mass is 35.5. The van der Waals surface area contributed by atoms with Crippen LogP contribution in [-0.4, -0.2) is 29.7 Å². The molecule has 126 valence electrons. The molecule has 0 radical (unpaired) electrons. The molecule has 1 fully saturated rings. The molecule has 1 aliphatic carbocycles. The summed E-state index contributed by atoms with van der Waals surface area (Å²) < 4.78 is 5.15. The summed E-state index contributed by atoms with van der Waals surface area (Å²) in [5.74, 6) is 0. The summed E-state index contributed by atoms with van der Waals surface area (Å²) in [4.78, 5) is 24.5. The van der Waals surface area contributed by atoms with Gasteiger partial charge in [-0.1, -0.05) is 11.6 Å². The van der Waals surface area contributed by atoms with E-state index in [1.807, 2.05) is 11.9 Å². The highest BCUT2D eigenvalue weighted by molar-refractivity contribution is 6.33. The van der Waals surface area contributed by atoms with E-state index in [2.05, 4.69) is 5.32 Å². The molecule has 0 bridgehead atoms. The fraction of sp³-hybridized carbons (Fsp3) is 0.533. The summed E-state index contributed by atoms with van der Waals surface area (Å²) >= 11 is 6.17. The van der Waals surface area contributed by atoms with Crippen LogP contribution in [0.3, 0.4) is 0 Å². The lowest BCUT2D eigenvalue weighted by atomic mass is 10.2. The molecule has 0 heterocycles. The van der Waals surface area contributed by atoms with Gasteiger partial charge in [-0.05, 0) is 39.7 Å². The minimum atomic E-state index is -0.747. The van der Waals surface area contributed by atoms with Gasteiger partial charge in [-0.3, -0.25) is 15.4 Å². The molecule has 0 atom stereocenters. The number of amides is 1. The van der Waals surface area contributed by atoms with Crippen LogP contribution in [0.5, 0.6) is 0 Å². The zero-order valence-electron chi connectivity index (χ0n) is 13.6. The van der Waals surface area contributed by atoms with Crippen molar-refractivity contribution in [2.45, 2.75) is 45.3 Å². The zero-order valence-corrected chi connectivity index (χ0v) is 14.3. The van der Waals surface area contributed by atoms with Gasteiger partial charge in [-0.2, -0.15) is 0 Å². The first kappa shape index (κ1) is 17.3. The molecule has 7 nitrogen and oxygen atoms in total. The lowest BCUT2D eigenvalue weighted by Gasteiger charge is -2.22. The summed E-state index contributed by atoms with van der Waals surface area (Å²) in [6.07, 6.45) is 1.36. The highest BCUT2D eigenvalue weighted by Gasteiger charge is 2.30. The van der Waals surface area contributed by atoms with E-state index in [1.165, 1.54) is 12.1 Å². The van der Waals surface area contributed by atoms with Crippen LogP contribution >= 0.6 is 11.6 Å². The van der Waals surface area contributed by atoms with Crippen molar-refractivity contribution in [2.75, 3.05) is 17.3 Å². The first-order chi connectivity index (χ1) is 10.6. The lowest BCUT2D eigenvalue weighted by molar-refractivity contribution is -0.383. The molecule has 1 aromatic rings. The van der Waals surface area contributed by atoms with Gasteiger partial charge in [-0.25, -0.2) is 4.79 Å². The van der Waals surface area contributed by atoms with Crippen LogP contribution in [0, 0.1) is 10.1 Å². The smallest absolute Gasteiger partial charge is 0.412 e. The van der Waals surface area contributed by atoms with Crippen LogP contribution in [0.2, 0.25) is 5.02 Å². The number of benzene rings is 1. The average Bonchev–Trinajstić information content (AvgIpc) is 3.21. The standard InChI is InChI=1S/C15H20ClN3O4/c1-15(2,3)23-14(20)17-11-8-12(18(4)9-5-6-9)10(16)7-13(11)19(21)22/h7-9H,5-6H2,1-4H3,(H,17,20). The van der Waals surface area contributed by atoms with E-state index >= 15 is 0 Å². The van der Waals surface area contributed by atoms with Gasteiger partial charge >= 0.3 is 6.09 Å². The van der Waals surface area contributed by atoms with Gasteiger partial charge < -0.3 is 9.64 Å². The molecule has 1 amide bonds. The van der Waals surface area contributed by atoms with Crippen LogP contribution in [0.4, 0.5) is 21.9 Å². The van der Waals surface area contributed by atoms with E-state index in [-0.39, 0.29) is 16.4 Å². The summed E-state index contributed by atoms with van der Waals surface area (Å²) in [6, 6.07) is 3.15. The molecule has 2 rings (SSSR count). The van der Waals surface area contributed by atoms with Gasteiger partial charge in [0, 0.05) is 19.2 Å². The minimum absolute atomic E-state index is 0.0659. The second-order valence-corrected chi connectivity index (χ2v) is 6.95. The second-order valence-electron chi connectivity index (χ2n) is 6.55. The summed E-state index contributed by atoms with van der Waals surface area (Å²) in [6.45, 7) is 5.15. The van der Waals surface area contributed by atoms with E-state index in [4.69, 9.17) is 16.3 Å². The van der Waals surface area contributed by atoms with Gasteiger partial charge in [0.15, 0.2) is 0 Å². The van der Waals surface area contributed by atoms with Crippen LogP contribution in [0.1, 0.15) is 33.6 Å². The maximum atomic E-state index is 11.9. The number of nitrogens with zero attached hydrogens (tertiary/aromatic N) is 2. The topological polar surface area (TPSA) is 84.7 Å². The van der Waals surface area contributed by atoms with E-state index in [0.717, 1.165) is 12.8 Å². The number of ether oxygens (including phenoxy) is 1. The highest BCUT2D eigenvalue weighted by Crippen LogP contribution is 2.40. The molecule has 0 aromatic heterocycles. The third kappa shape index (κ3) is 4.48. The number of nitro benzene ring substituents is 1. The minimum Gasteiger partial charge on any atom is -0.444 e. The van der Waals surface area contributed by atoms with Crippen LogP contribution in [0.15, 0.2) is 12.1 Å². The number of nitro groups is 1. The number of hydrogen-bond donors (Lipinski definition) is 1. The molecule has 8 heteroatoms. The summed E-state index contributed by atoms with van der Waals surface area (Å²) in [7, 11) is 1.88. The van der Waals surface area contributed by atoms with Gasteiger partial charge in [0.1, 0.15) is 11.3 Å². The predicted molar refractivity (Wildman–Crippen MR) is 89.4 cm³/mol. The Morgan fingerprint density at radius 3 is 2.52 bits per heavy atom. The molecular formula is C15H20ClN3O4. The van der Waals surface area contributed by atoms with E-state index in [0.29, 0.717) is 11.7 Å². The van der Waals surface area contributed by atoms with E-state index < -0.39 is 16.6 Å². The third-order valence-electron chi connectivity index (χ3n) is 3.37. The molecule has 23 heavy (non-hydrogen) atoms. The number of carbonyl (C=O) groups excluding carboxylic acids is 1. The Morgan fingerprint density at radius 1 is 1.43 bits per heavy atom. The first-order valence-electron chi connectivity index (χ1n) is 7.29. The quantitative estimate of drug-likeness (QED) is 0.655. The normalized spacial score (nSPS) is 14.3. The predicted octanol–water partition coefficient (Wildman–Crippen LogP) is 4.19. The monoisotopic (exact) mass is 341 g/mol.